The number of hydrogen-bond donors (Lipinski definition) is 2. The number of ether oxygens (including phenoxy) is 1. The standard InChI is InChI=1S/C19H20N6O/c1-26-16-5-3-2-4-15(16)24-11-18-20-8-9-25(18)19(12-24)21-17-10-14(22-23-17)13-6-7-13/h2-5,8-10,12-13H,6-7,11H2,1H3,(H2,21,22,23)/q+1. The summed E-state index contributed by atoms with van der Waals surface area (Å²) in [6.07, 6.45) is 8.34. The Bertz CT molecular complexity index is 924. The summed E-state index contributed by atoms with van der Waals surface area (Å²) in [6.45, 7) is 0.673. The molecule has 2 aromatic rings. The lowest BCUT2D eigenvalue weighted by molar-refractivity contribution is 0.415. The van der Waals surface area contributed by atoms with Crippen molar-refractivity contribution in [3.8, 4) is 5.75 Å². The number of nitrogens with one attached hydrogen (secondary N) is 2. The van der Waals surface area contributed by atoms with Crippen LogP contribution in [0, 0.1) is 0 Å². The maximum Gasteiger partial charge on any atom is 0.284 e. The van der Waals surface area contributed by atoms with Crippen molar-refractivity contribution in [2.75, 3.05) is 23.9 Å². The predicted octanol–water partition coefficient (Wildman–Crippen LogP) is 3.05. The number of amidine groups is 1. The van der Waals surface area contributed by atoms with Gasteiger partial charge in [0.15, 0.2) is 12.0 Å². The highest BCUT2D eigenvalue weighted by atomic mass is 16.5. The largest absolute Gasteiger partial charge is 0.495 e. The topological polar surface area (TPSA) is 71.4 Å². The molecule has 0 bridgehead atoms. The number of aliphatic imine (C=N–C) groups is 1. The summed E-state index contributed by atoms with van der Waals surface area (Å²) in [5, 5.41) is 11.0. The van der Waals surface area contributed by atoms with Gasteiger partial charge < -0.3 is 9.64 Å². The zero-order chi connectivity index (χ0) is 17.5. The Morgan fingerprint density at radius 3 is 3.04 bits per heavy atom. The van der Waals surface area contributed by atoms with Crippen LogP contribution in [0.1, 0.15) is 24.5 Å². The van der Waals surface area contributed by atoms with Gasteiger partial charge in [0, 0.05) is 17.7 Å². The summed E-state index contributed by atoms with van der Waals surface area (Å²) in [4.78, 5) is 8.68. The molecule has 7 heteroatoms. The van der Waals surface area contributed by atoms with Gasteiger partial charge in [0.2, 0.25) is 0 Å². The van der Waals surface area contributed by atoms with Crippen LogP contribution in [0.3, 0.4) is 0 Å². The molecule has 0 amide bonds. The van der Waals surface area contributed by atoms with E-state index in [1.165, 1.54) is 18.5 Å². The van der Waals surface area contributed by atoms with Gasteiger partial charge in [-0.3, -0.25) is 10.4 Å². The molecule has 1 saturated carbocycles. The van der Waals surface area contributed by atoms with E-state index in [1.54, 1.807) is 7.11 Å². The molecule has 1 radical (unpaired) electrons. The quantitative estimate of drug-likeness (QED) is 0.815. The number of aromatic nitrogens is 2. The Kier molecular flexibility index (Phi) is 3.53. The van der Waals surface area contributed by atoms with Gasteiger partial charge in [-0.1, -0.05) is 12.1 Å². The SMILES string of the molecule is COc1ccccc1N1C=C(Nc2cc(C3CC3)[nH]n2)[N+]2C=CN=C2C1. The minimum absolute atomic E-state index is 0.646. The van der Waals surface area contributed by atoms with Crippen molar-refractivity contribution in [3.63, 3.8) is 0 Å². The third-order valence-electron chi connectivity index (χ3n) is 4.83. The van der Waals surface area contributed by atoms with Crippen LogP contribution in [0.5, 0.6) is 5.75 Å². The number of benzene rings is 1. The lowest BCUT2D eigenvalue weighted by Gasteiger charge is -2.26. The van der Waals surface area contributed by atoms with Crippen LogP contribution in [0.2, 0.25) is 0 Å². The van der Waals surface area contributed by atoms with E-state index in [9.17, 15) is 0 Å². The van der Waals surface area contributed by atoms with Crippen molar-refractivity contribution in [3.05, 3.63) is 60.4 Å². The fourth-order valence-electron chi connectivity index (χ4n) is 3.33. The molecule has 1 aliphatic carbocycles. The van der Waals surface area contributed by atoms with Crippen LogP contribution in [0.4, 0.5) is 11.5 Å². The van der Waals surface area contributed by atoms with Gasteiger partial charge in [0.1, 0.15) is 12.3 Å². The molecule has 1 fully saturated rings. The van der Waals surface area contributed by atoms with Gasteiger partial charge in [0.25, 0.3) is 11.7 Å². The van der Waals surface area contributed by atoms with Crippen molar-refractivity contribution in [2.24, 2.45) is 4.99 Å². The van der Waals surface area contributed by atoms with Gasteiger partial charge in [-0.2, -0.15) is 10.1 Å². The first kappa shape index (κ1) is 15.2. The highest BCUT2D eigenvalue weighted by Crippen LogP contribution is 2.39. The predicted molar refractivity (Wildman–Crippen MR) is 101 cm³/mol. The number of anilines is 2. The van der Waals surface area contributed by atoms with E-state index in [1.807, 2.05) is 36.7 Å². The van der Waals surface area contributed by atoms with Gasteiger partial charge in [-0.15, -0.1) is 0 Å². The molecule has 26 heavy (non-hydrogen) atoms. The molecule has 5 rings (SSSR count). The van der Waals surface area contributed by atoms with Crippen LogP contribution in [0.25, 0.3) is 0 Å². The summed E-state index contributed by atoms with van der Waals surface area (Å²) in [7, 11) is 1.69. The highest BCUT2D eigenvalue weighted by Gasteiger charge is 2.38. The molecule has 131 valence electrons. The minimum Gasteiger partial charge on any atom is -0.495 e. The van der Waals surface area contributed by atoms with Crippen LogP contribution in [-0.4, -0.2) is 29.7 Å². The Balaban J connectivity index is 1.47. The van der Waals surface area contributed by atoms with E-state index >= 15 is 0 Å². The number of para-hydroxylation sites is 2. The maximum atomic E-state index is 5.52. The molecule has 1 aromatic heterocycles. The van der Waals surface area contributed by atoms with Crippen LogP contribution >= 0.6 is 0 Å². The second-order valence-corrected chi connectivity index (χ2v) is 6.64. The number of H-pyrrole nitrogens is 1. The number of aromatic amines is 1. The monoisotopic (exact) mass is 348 g/mol. The van der Waals surface area contributed by atoms with Gasteiger partial charge >= 0.3 is 0 Å². The van der Waals surface area contributed by atoms with E-state index < -0.39 is 0 Å². The van der Waals surface area contributed by atoms with Gasteiger partial charge in [0.05, 0.1) is 25.2 Å². The third-order valence-corrected chi connectivity index (χ3v) is 4.83. The first-order valence-electron chi connectivity index (χ1n) is 8.78. The average Bonchev–Trinajstić information content (AvgIpc) is 3.23. The maximum absolute atomic E-state index is 5.52. The lowest BCUT2D eigenvalue weighted by atomic mass is 10.2. The third kappa shape index (κ3) is 2.66. The molecule has 7 nitrogen and oxygen atoms in total. The van der Waals surface area contributed by atoms with Crippen LogP contribution in [0.15, 0.2) is 59.7 Å². The zero-order valence-corrected chi connectivity index (χ0v) is 14.5. The first-order chi connectivity index (χ1) is 12.8. The second kappa shape index (κ2) is 6.03. The Morgan fingerprint density at radius 2 is 2.19 bits per heavy atom. The molecule has 3 heterocycles. The summed E-state index contributed by atoms with van der Waals surface area (Å²) >= 11 is 0. The second-order valence-electron chi connectivity index (χ2n) is 6.64. The average molecular weight is 348 g/mol. The van der Waals surface area contributed by atoms with Gasteiger partial charge in [-0.05, 0) is 29.9 Å². The zero-order valence-electron chi connectivity index (χ0n) is 14.5. The van der Waals surface area contributed by atoms with Crippen molar-refractivity contribution in [1.29, 1.82) is 0 Å². The molecular formula is C19H20N6O+. The first-order valence-corrected chi connectivity index (χ1v) is 8.78. The molecular weight excluding hydrogens is 328 g/mol. The lowest BCUT2D eigenvalue weighted by Crippen LogP contribution is -2.45. The van der Waals surface area contributed by atoms with Crippen molar-refractivity contribution >= 4 is 17.3 Å². The van der Waals surface area contributed by atoms with E-state index in [0.717, 1.165) is 28.9 Å². The fraction of sp³-hybridized carbons (Fsp3) is 0.263. The van der Waals surface area contributed by atoms with Crippen molar-refractivity contribution in [2.45, 2.75) is 18.8 Å². The number of methoxy groups -OCH3 is 1. The van der Waals surface area contributed by atoms with Crippen molar-refractivity contribution < 1.29 is 4.74 Å². The Hall–Kier alpha value is -3.06. The van der Waals surface area contributed by atoms with Crippen LogP contribution < -0.4 is 19.9 Å². The molecule has 0 saturated heterocycles. The number of nitrogens with zero attached hydrogens (tertiary/aromatic N) is 4. The Morgan fingerprint density at radius 1 is 1.31 bits per heavy atom. The van der Waals surface area contributed by atoms with E-state index in [4.69, 9.17) is 4.74 Å². The smallest absolute Gasteiger partial charge is 0.284 e. The summed E-state index contributed by atoms with van der Waals surface area (Å²) in [5.74, 6) is 4.16. The summed E-state index contributed by atoms with van der Waals surface area (Å²) in [6, 6.07) is 10.1. The molecule has 2 aliphatic heterocycles. The summed E-state index contributed by atoms with van der Waals surface area (Å²) < 4.78 is 5.52. The van der Waals surface area contributed by atoms with E-state index in [0.29, 0.717) is 12.5 Å². The number of hydrogen-bond acceptors (Lipinski definition) is 6. The normalized spacial score (nSPS) is 19.2. The number of rotatable bonds is 5. The van der Waals surface area contributed by atoms with Crippen molar-refractivity contribution in [1.82, 2.24) is 15.1 Å². The molecule has 3 aliphatic rings. The molecule has 0 unspecified atom stereocenters. The Labute approximate surface area is 151 Å². The number of fused-ring (bicyclic) bond motifs is 1. The molecule has 0 spiro atoms. The van der Waals surface area contributed by atoms with Gasteiger partial charge in [-0.25, -0.2) is 0 Å². The molecule has 0 atom stereocenters. The van der Waals surface area contributed by atoms with E-state index in [2.05, 4.69) is 42.6 Å². The molecule has 1 aromatic carbocycles. The highest BCUT2D eigenvalue weighted by molar-refractivity contribution is 5.96. The van der Waals surface area contributed by atoms with Crippen LogP contribution in [-0.2, 0) is 0 Å². The fourth-order valence-corrected chi connectivity index (χ4v) is 3.33. The molecule has 2 N–H and O–H groups in total. The summed E-state index contributed by atoms with van der Waals surface area (Å²) in [5.41, 5.74) is 2.21. The minimum atomic E-state index is 0.646. The van der Waals surface area contributed by atoms with E-state index in [-0.39, 0.29) is 0 Å².